The normalized spacial score (nSPS) is 14.2. The summed E-state index contributed by atoms with van der Waals surface area (Å²) < 4.78 is 14.0. The summed E-state index contributed by atoms with van der Waals surface area (Å²) in [7, 11) is 0. The highest BCUT2D eigenvalue weighted by molar-refractivity contribution is 9.10. The number of para-hydroxylation sites is 1. The molecule has 0 fully saturated rings. The summed E-state index contributed by atoms with van der Waals surface area (Å²) in [6.07, 6.45) is 1.34. The van der Waals surface area contributed by atoms with Crippen LogP contribution in [-0.4, -0.2) is 11.4 Å². The molecule has 5 heteroatoms. The Bertz CT molecular complexity index is 401. The Morgan fingerprint density at radius 1 is 1.59 bits per heavy atom. The van der Waals surface area contributed by atoms with E-state index in [4.69, 9.17) is 5.73 Å². The molecule has 3 N–H and O–H groups in total. The van der Waals surface area contributed by atoms with Gasteiger partial charge in [-0.15, -0.1) is 0 Å². The Kier molecular flexibility index (Phi) is 4.65. The summed E-state index contributed by atoms with van der Waals surface area (Å²) in [6, 6.07) is 4.50. The van der Waals surface area contributed by atoms with Gasteiger partial charge in [-0.05, 0) is 41.4 Å². The minimum absolute atomic E-state index is 0.130. The molecule has 0 aliphatic rings. The van der Waals surface area contributed by atoms with Crippen LogP contribution in [0, 0.1) is 5.82 Å². The molecule has 1 unspecified atom stereocenters. The number of benzene rings is 1. The van der Waals surface area contributed by atoms with Gasteiger partial charge >= 0.3 is 0 Å². The molecule has 3 nitrogen and oxygen atoms in total. The van der Waals surface area contributed by atoms with Crippen LogP contribution in [0.2, 0.25) is 0 Å². The maximum absolute atomic E-state index is 13.5. The molecule has 1 atom stereocenters. The second-order valence-electron chi connectivity index (χ2n) is 4.22. The van der Waals surface area contributed by atoms with Crippen molar-refractivity contribution in [2.45, 2.75) is 32.2 Å². The third kappa shape index (κ3) is 3.51. The topological polar surface area (TPSA) is 55.1 Å². The van der Waals surface area contributed by atoms with Crippen molar-refractivity contribution in [3.05, 3.63) is 28.5 Å². The zero-order chi connectivity index (χ0) is 13.1. The summed E-state index contributed by atoms with van der Waals surface area (Å²) in [6.45, 7) is 3.58. The lowest BCUT2D eigenvalue weighted by molar-refractivity contribution is -0.120. The van der Waals surface area contributed by atoms with E-state index in [1.165, 1.54) is 6.07 Å². The molecule has 0 radical (unpaired) electrons. The standard InChI is InChI=1S/C12H16BrFN2O/c1-3-7-12(2,15)11(17)16-10-8(13)5-4-6-9(10)14/h4-6H,3,7,15H2,1-2H3,(H,16,17). The van der Waals surface area contributed by atoms with Crippen molar-refractivity contribution >= 4 is 27.5 Å². The Balaban J connectivity index is 2.88. The molecule has 0 aliphatic heterocycles. The molecule has 1 aromatic carbocycles. The first kappa shape index (κ1) is 14.1. The predicted molar refractivity (Wildman–Crippen MR) is 70.2 cm³/mol. The van der Waals surface area contributed by atoms with Crippen LogP contribution in [0.5, 0.6) is 0 Å². The molecule has 0 saturated carbocycles. The lowest BCUT2D eigenvalue weighted by Crippen LogP contribution is -2.48. The monoisotopic (exact) mass is 302 g/mol. The average molecular weight is 303 g/mol. The molecule has 1 rings (SSSR count). The van der Waals surface area contributed by atoms with E-state index in [0.29, 0.717) is 10.9 Å². The smallest absolute Gasteiger partial charge is 0.244 e. The van der Waals surface area contributed by atoms with E-state index in [9.17, 15) is 9.18 Å². The average Bonchev–Trinajstić information content (AvgIpc) is 2.23. The van der Waals surface area contributed by atoms with E-state index in [1.54, 1.807) is 19.1 Å². The number of nitrogens with one attached hydrogen (secondary N) is 1. The molecule has 0 aliphatic carbocycles. The van der Waals surface area contributed by atoms with Crippen molar-refractivity contribution in [3.8, 4) is 0 Å². The van der Waals surface area contributed by atoms with E-state index in [0.717, 1.165) is 6.42 Å². The Morgan fingerprint density at radius 3 is 2.76 bits per heavy atom. The summed E-state index contributed by atoms with van der Waals surface area (Å²) in [4.78, 5) is 11.9. The van der Waals surface area contributed by atoms with E-state index < -0.39 is 11.4 Å². The van der Waals surface area contributed by atoms with Gasteiger partial charge < -0.3 is 11.1 Å². The number of hydrogen-bond acceptors (Lipinski definition) is 2. The third-order valence-corrected chi connectivity index (χ3v) is 3.15. The molecule has 94 valence electrons. The minimum Gasteiger partial charge on any atom is -0.321 e. The molecule has 0 saturated heterocycles. The second-order valence-corrected chi connectivity index (χ2v) is 5.07. The van der Waals surface area contributed by atoms with Crippen LogP contribution in [0.15, 0.2) is 22.7 Å². The van der Waals surface area contributed by atoms with Gasteiger partial charge in [0.1, 0.15) is 5.82 Å². The second kappa shape index (κ2) is 5.60. The number of carbonyl (C=O) groups is 1. The summed E-state index contributed by atoms with van der Waals surface area (Å²) >= 11 is 3.19. The lowest BCUT2D eigenvalue weighted by Gasteiger charge is -2.23. The molecule has 0 spiro atoms. The summed E-state index contributed by atoms with van der Waals surface area (Å²) in [5, 5.41) is 2.52. The first-order valence-electron chi connectivity index (χ1n) is 5.43. The quantitative estimate of drug-likeness (QED) is 0.898. The molecule has 0 bridgehead atoms. The van der Waals surface area contributed by atoms with E-state index in [1.807, 2.05) is 6.92 Å². The molecule has 1 aromatic rings. The van der Waals surface area contributed by atoms with Crippen LogP contribution in [0.3, 0.4) is 0 Å². The van der Waals surface area contributed by atoms with E-state index in [-0.39, 0.29) is 11.6 Å². The summed E-state index contributed by atoms with van der Waals surface area (Å²) in [5.74, 6) is -0.870. The summed E-state index contributed by atoms with van der Waals surface area (Å²) in [5.41, 5.74) is 5.01. The van der Waals surface area contributed by atoms with Gasteiger partial charge in [-0.3, -0.25) is 4.79 Å². The number of carbonyl (C=O) groups excluding carboxylic acids is 1. The molecule has 1 amide bonds. The van der Waals surface area contributed by atoms with E-state index >= 15 is 0 Å². The van der Waals surface area contributed by atoms with Crippen molar-refractivity contribution in [1.82, 2.24) is 0 Å². The third-order valence-electron chi connectivity index (χ3n) is 2.49. The van der Waals surface area contributed by atoms with Gasteiger partial charge in [0.05, 0.1) is 11.2 Å². The Hall–Kier alpha value is -0.940. The predicted octanol–water partition coefficient (Wildman–Crippen LogP) is 3.04. The van der Waals surface area contributed by atoms with Crippen LogP contribution in [-0.2, 0) is 4.79 Å². The molecule has 0 heterocycles. The fourth-order valence-electron chi connectivity index (χ4n) is 1.51. The van der Waals surface area contributed by atoms with Crippen LogP contribution in [0.1, 0.15) is 26.7 Å². The number of amides is 1. The highest BCUT2D eigenvalue weighted by atomic mass is 79.9. The maximum atomic E-state index is 13.5. The Labute approximate surface area is 109 Å². The molecular formula is C12H16BrFN2O. The zero-order valence-corrected chi connectivity index (χ0v) is 11.5. The number of nitrogens with two attached hydrogens (primary N) is 1. The first-order chi connectivity index (χ1) is 7.88. The van der Waals surface area contributed by atoms with Crippen molar-refractivity contribution < 1.29 is 9.18 Å². The number of anilines is 1. The SMILES string of the molecule is CCCC(C)(N)C(=O)Nc1c(F)cccc1Br. The highest BCUT2D eigenvalue weighted by Crippen LogP contribution is 2.26. The Morgan fingerprint density at radius 2 is 2.24 bits per heavy atom. The molecule has 17 heavy (non-hydrogen) atoms. The van der Waals surface area contributed by atoms with Crippen molar-refractivity contribution in [1.29, 1.82) is 0 Å². The first-order valence-corrected chi connectivity index (χ1v) is 6.22. The van der Waals surface area contributed by atoms with Gasteiger partial charge in [0.25, 0.3) is 0 Å². The van der Waals surface area contributed by atoms with E-state index in [2.05, 4.69) is 21.2 Å². The van der Waals surface area contributed by atoms with Gasteiger partial charge in [0.2, 0.25) is 5.91 Å². The fourth-order valence-corrected chi connectivity index (χ4v) is 1.95. The number of halogens is 2. The van der Waals surface area contributed by atoms with Crippen molar-refractivity contribution in [2.75, 3.05) is 5.32 Å². The molecule has 0 aromatic heterocycles. The van der Waals surface area contributed by atoms with Gasteiger partial charge in [-0.1, -0.05) is 19.4 Å². The maximum Gasteiger partial charge on any atom is 0.244 e. The highest BCUT2D eigenvalue weighted by Gasteiger charge is 2.28. The minimum atomic E-state index is -0.990. The van der Waals surface area contributed by atoms with Gasteiger partial charge in [-0.2, -0.15) is 0 Å². The molecular weight excluding hydrogens is 287 g/mol. The largest absolute Gasteiger partial charge is 0.321 e. The zero-order valence-electron chi connectivity index (χ0n) is 9.89. The fraction of sp³-hybridized carbons (Fsp3) is 0.417. The van der Waals surface area contributed by atoms with Crippen molar-refractivity contribution in [2.24, 2.45) is 5.73 Å². The number of rotatable bonds is 4. The van der Waals surface area contributed by atoms with Gasteiger partial charge in [0, 0.05) is 4.47 Å². The van der Waals surface area contributed by atoms with Crippen LogP contribution < -0.4 is 11.1 Å². The van der Waals surface area contributed by atoms with Crippen LogP contribution >= 0.6 is 15.9 Å². The van der Waals surface area contributed by atoms with Gasteiger partial charge in [-0.25, -0.2) is 4.39 Å². The van der Waals surface area contributed by atoms with Gasteiger partial charge in [0.15, 0.2) is 0 Å². The van der Waals surface area contributed by atoms with Crippen LogP contribution in [0.25, 0.3) is 0 Å². The van der Waals surface area contributed by atoms with Crippen molar-refractivity contribution in [3.63, 3.8) is 0 Å². The van der Waals surface area contributed by atoms with Crippen LogP contribution in [0.4, 0.5) is 10.1 Å². The lowest BCUT2D eigenvalue weighted by atomic mass is 9.96. The number of hydrogen-bond donors (Lipinski definition) is 2.